The Morgan fingerprint density at radius 1 is 1.25 bits per heavy atom. The van der Waals surface area contributed by atoms with Crippen LogP contribution in [-0.4, -0.2) is 34.8 Å². The van der Waals surface area contributed by atoms with Gasteiger partial charge in [0, 0.05) is 6.54 Å². The van der Waals surface area contributed by atoms with E-state index < -0.39 is 11.6 Å². The molecule has 114 valence electrons. The van der Waals surface area contributed by atoms with E-state index in [4.69, 9.17) is 0 Å². The van der Waals surface area contributed by atoms with E-state index in [0.717, 1.165) is 45.1 Å². The first kappa shape index (κ1) is 15.3. The number of carbonyl (C=O) groups excluding carboxylic acids is 2. The summed E-state index contributed by atoms with van der Waals surface area (Å²) in [5.41, 5.74) is -0.786. The molecular weight excluding hydrogens is 252 g/mol. The van der Waals surface area contributed by atoms with Gasteiger partial charge in [0.25, 0.3) is 0 Å². The molecule has 20 heavy (non-hydrogen) atoms. The van der Waals surface area contributed by atoms with Gasteiger partial charge in [0.15, 0.2) is 0 Å². The molecule has 1 aliphatic heterocycles. The first-order valence-electron chi connectivity index (χ1n) is 7.95. The van der Waals surface area contributed by atoms with Crippen molar-refractivity contribution in [3.8, 4) is 0 Å². The molecule has 2 amide bonds. The molecule has 4 heteroatoms. The van der Waals surface area contributed by atoms with Crippen LogP contribution in [-0.2, 0) is 9.59 Å². The zero-order valence-electron chi connectivity index (χ0n) is 13.3. The molecule has 1 atom stereocenters. The highest BCUT2D eigenvalue weighted by Gasteiger charge is 2.55. The van der Waals surface area contributed by atoms with E-state index in [0.29, 0.717) is 0 Å². The lowest BCUT2D eigenvalue weighted by atomic mass is 9.80. The number of amides is 2. The second-order valence-electron chi connectivity index (χ2n) is 7.35. The Morgan fingerprint density at radius 3 is 2.35 bits per heavy atom. The Morgan fingerprint density at radius 2 is 1.85 bits per heavy atom. The zero-order valence-corrected chi connectivity index (χ0v) is 13.3. The van der Waals surface area contributed by atoms with Gasteiger partial charge in [-0.1, -0.05) is 47.0 Å². The molecule has 1 saturated heterocycles. The molecule has 0 aromatic carbocycles. The van der Waals surface area contributed by atoms with Crippen molar-refractivity contribution in [2.75, 3.05) is 6.54 Å². The third kappa shape index (κ3) is 2.45. The standard InChI is InChI=1S/C16H28N2O2/c1-5-6-11-18-13(19)12(15(2,3)4)17-14(20)16(18)9-7-8-10-16/h12H,5-11H2,1-4H3,(H,17,20). The lowest BCUT2D eigenvalue weighted by Gasteiger charge is -2.49. The monoisotopic (exact) mass is 280 g/mol. The lowest BCUT2D eigenvalue weighted by molar-refractivity contribution is -0.160. The van der Waals surface area contributed by atoms with Gasteiger partial charge in [-0.3, -0.25) is 9.59 Å². The van der Waals surface area contributed by atoms with Gasteiger partial charge >= 0.3 is 0 Å². The number of carbonyl (C=O) groups is 2. The average molecular weight is 280 g/mol. The maximum atomic E-state index is 12.9. The molecule has 1 spiro atoms. The number of piperazine rings is 1. The van der Waals surface area contributed by atoms with Crippen molar-refractivity contribution < 1.29 is 9.59 Å². The minimum Gasteiger partial charge on any atom is -0.342 e. The first-order valence-corrected chi connectivity index (χ1v) is 7.95. The summed E-state index contributed by atoms with van der Waals surface area (Å²) >= 11 is 0. The van der Waals surface area contributed by atoms with Crippen molar-refractivity contribution in [3.63, 3.8) is 0 Å². The van der Waals surface area contributed by atoms with Crippen LogP contribution in [0.2, 0.25) is 0 Å². The van der Waals surface area contributed by atoms with E-state index in [1.165, 1.54) is 0 Å². The summed E-state index contributed by atoms with van der Waals surface area (Å²) in [7, 11) is 0. The minimum atomic E-state index is -0.548. The molecule has 1 aliphatic carbocycles. The summed E-state index contributed by atoms with van der Waals surface area (Å²) in [6.45, 7) is 8.88. The smallest absolute Gasteiger partial charge is 0.246 e. The third-order valence-corrected chi connectivity index (χ3v) is 4.76. The SMILES string of the molecule is CCCCN1C(=O)C(C(C)(C)C)NC(=O)C12CCCC2. The fourth-order valence-electron chi connectivity index (χ4n) is 3.50. The van der Waals surface area contributed by atoms with Crippen molar-refractivity contribution in [1.29, 1.82) is 0 Å². The summed E-state index contributed by atoms with van der Waals surface area (Å²) in [5.74, 6) is 0.193. The van der Waals surface area contributed by atoms with Gasteiger partial charge in [-0.25, -0.2) is 0 Å². The summed E-state index contributed by atoms with van der Waals surface area (Å²) in [6.07, 6.45) is 5.75. The van der Waals surface area contributed by atoms with Crippen LogP contribution in [0, 0.1) is 5.41 Å². The van der Waals surface area contributed by atoms with E-state index >= 15 is 0 Å². The van der Waals surface area contributed by atoms with Crippen LogP contribution in [0.4, 0.5) is 0 Å². The predicted molar refractivity (Wildman–Crippen MR) is 79.2 cm³/mol. The minimum absolute atomic E-state index is 0.0747. The van der Waals surface area contributed by atoms with Crippen LogP contribution in [0.1, 0.15) is 66.2 Å². The quantitative estimate of drug-likeness (QED) is 0.863. The largest absolute Gasteiger partial charge is 0.342 e. The molecule has 2 rings (SSSR count). The van der Waals surface area contributed by atoms with E-state index in [2.05, 4.69) is 12.2 Å². The van der Waals surface area contributed by atoms with Crippen LogP contribution in [0.5, 0.6) is 0 Å². The highest BCUT2D eigenvalue weighted by molar-refractivity contribution is 6.00. The molecule has 1 unspecified atom stereocenters. The Balaban J connectivity index is 2.31. The van der Waals surface area contributed by atoms with Gasteiger partial charge < -0.3 is 10.2 Å². The Hall–Kier alpha value is -1.06. The summed E-state index contributed by atoms with van der Waals surface area (Å²) < 4.78 is 0. The molecule has 1 heterocycles. The van der Waals surface area contributed by atoms with E-state index in [-0.39, 0.29) is 17.2 Å². The van der Waals surface area contributed by atoms with Gasteiger partial charge in [0.2, 0.25) is 11.8 Å². The number of nitrogens with zero attached hydrogens (tertiary/aromatic N) is 1. The predicted octanol–water partition coefficient (Wildman–Crippen LogP) is 2.47. The molecule has 1 saturated carbocycles. The third-order valence-electron chi connectivity index (χ3n) is 4.76. The topological polar surface area (TPSA) is 49.4 Å². The lowest BCUT2D eigenvalue weighted by Crippen LogP contribution is -2.72. The zero-order chi connectivity index (χ0) is 15.0. The van der Waals surface area contributed by atoms with E-state index in [1.807, 2.05) is 25.7 Å². The number of unbranched alkanes of at least 4 members (excludes halogenated alkanes) is 1. The maximum Gasteiger partial charge on any atom is 0.246 e. The van der Waals surface area contributed by atoms with Gasteiger partial charge in [0.05, 0.1) is 0 Å². The Kier molecular flexibility index (Phi) is 4.12. The summed E-state index contributed by atoms with van der Waals surface area (Å²) in [6, 6.07) is -0.391. The van der Waals surface area contributed by atoms with Crippen LogP contribution in [0.15, 0.2) is 0 Å². The van der Waals surface area contributed by atoms with Crippen LogP contribution in [0.25, 0.3) is 0 Å². The fourth-order valence-corrected chi connectivity index (χ4v) is 3.50. The molecule has 1 N–H and O–H groups in total. The molecule has 0 aromatic heterocycles. The van der Waals surface area contributed by atoms with Crippen LogP contribution < -0.4 is 5.32 Å². The van der Waals surface area contributed by atoms with E-state index in [1.54, 1.807) is 0 Å². The van der Waals surface area contributed by atoms with Crippen molar-refractivity contribution in [3.05, 3.63) is 0 Å². The van der Waals surface area contributed by atoms with Crippen molar-refractivity contribution >= 4 is 11.8 Å². The molecular formula is C16H28N2O2. The van der Waals surface area contributed by atoms with Crippen molar-refractivity contribution in [1.82, 2.24) is 10.2 Å². The van der Waals surface area contributed by atoms with Gasteiger partial charge in [-0.2, -0.15) is 0 Å². The molecule has 4 nitrogen and oxygen atoms in total. The first-order chi connectivity index (χ1) is 9.33. The second-order valence-corrected chi connectivity index (χ2v) is 7.35. The van der Waals surface area contributed by atoms with Gasteiger partial charge in [0.1, 0.15) is 11.6 Å². The Labute approximate surface area is 122 Å². The summed E-state index contributed by atoms with van der Waals surface area (Å²) in [5, 5.41) is 3.02. The normalized spacial score (nSPS) is 26.2. The van der Waals surface area contributed by atoms with Crippen molar-refractivity contribution in [2.24, 2.45) is 5.41 Å². The number of rotatable bonds is 3. The van der Waals surface area contributed by atoms with Crippen LogP contribution >= 0.6 is 0 Å². The Bertz CT molecular complexity index is 392. The second kappa shape index (κ2) is 5.38. The maximum absolute atomic E-state index is 12.9. The van der Waals surface area contributed by atoms with Crippen LogP contribution in [0.3, 0.4) is 0 Å². The van der Waals surface area contributed by atoms with Gasteiger partial charge in [-0.05, 0) is 24.7 Å². The highest BCUT2D eigenvalue weighted by atomic mass is 16.2. The average Bonchev–Trinajstić information content (AvgIpc) is 2.83. The number of hydrogen-bond donors (Lipinski definition) is 1. The molecule has 2 aliphatic rings. The molecule has 0 radical (unpaired) electrons. The molecule has 0 aromatic rings. The fraction of sp³-hybridized carbons (Fsp3) is 0.875. The molecule has 0 bridgehead atoms. The van der Waals surface area contributed by atoms with Gasteiger partial charge in [-0.15, -0.1) is 0 Å². The van der Waals surface area contributed by atoms with Crippen molar-refractivity contribution in [2.45, 2.75) is 77.8 Å². The van der Waals surface area contributed by atoms with E-state index in [9.17, 15) is 9.59 Å². The highest BCUT2D eigenvalue weighted by Crippen LogP contribution is 2.40. The number of nitrogens with one attached hydrogen (secondary N) is 1. The molecule has 2 fully saturated rings. The summed E-state index contributed by atoms with van der Waals surface area (Å²) in [4.78, 5) is 27.5. The number of hydrogen-bond acceptors (Lipinski definition) is 2.